The van der Waals surface area contributed by atoms with Gasteiger partial charge in [-0.3, -0.25) is 9.69 Å². The number of hydrogen-bond donors (Lipinski definition) is 0. The number of likely N-dealkylation sites (tertiary alicyclic amines) is 1. The molecule has 0 aromatic heterocycles. The maximum absolute atomic E-state index is 12.7. The molecule has 2 aliphatic heterocycles. The van der Waals surface area contributed by atoms with Crippen LogP contribution >= 0.6 is 0 Å². The SMILES string of the molecule is CC(C)CN1CCC(C(=O)N2CCN(C(C#N)C(C)C)CC2)C1. The van der Waals surface area contributed by atoms with Crippen LogP contribution in [0.1, 0.15) is 34.1 Å². The van der Waals surface area contributed by atoms with Crippen LogP contribution in [0.25, 0.3) is 0 Å². The summed E-state index contributed by atoms with van der Waals surface area (Å²) in [5.74, 6) is 1.50. The van der Waals surface area contributed by atoms with Gasteiger partial charge in [-0.15, -0.1) is 0 Å². The number of hydrogen-bond acceptors (Lipinski definition) is 4. The van der Waals surface area contributed by atoms with Crippen LogP contribution in [0.3, 0.4) is 0 Å². The van der Waals surface area contributed by atoms with Gasteiger partial charge in [-0.25, -0.2) is 0 Å². The van der Waals surface area contributed by atoms with Crippen molar-refractivity contribution in [3.63, 3.8) is 0 Å². The number of nitriles is 1. The van der Waals surface area contributed by atoms with E-state index in [1.165, 1.54) is 0 Å². The molecule has 0 aromatic carbocycles. The molecular formula is C18H32N4O. The number of rotatable bonds is 5. The van der Waals surface area contributed by atoms with E-state index in [0.717, 1.165) is 52.2 Å². The Kier molecular flexibility index (Phi) is 6.43. The van der Waals surface area contributed by atoms with Crippen molar-refractivity contribution in [2.24, 2.45) is 17.8 Å². The second kappa shape index (κ2) is 8.12. The zero-order chi connectivity index (χ0) is 17.0. The highest BCUT2D eigenvalue weighted by Crippen LogP contribution is 2.21. The minimum absolute atomic E-state index is 0.0275. The summed E-state index contributed by atoms with van der Waals surface area (Å²) >= 11 is 0. The zero-order valence-electron chi connectivity index (χ0n) is 15.2. The first-order valence-corrected chi connectivity index (χ1v) is 9.07. The fourth-order valence-electron chi connectivity index (χ4n) is 3.85. The lowest BCUT2D eigenvalue weighted by molar-refractivity contribution is -0.137. The Morgan fingerprint density at radius 3 is 2.30 bits per heavy atom. The Hall–Kier alpha value is -1.12. The molecule has 2 unspecified atom stereocenters. The molecule has 2 atom stereocenters. The van der Waals surface area contributed by atoms with E-state index in [4.69, 9.17) is 0 Å². The van der Waals surface area contributed by atoms with Gasteiger partial charge in [0.15, 0.2) is 0 Å². The molecule has 0 aromatic rings. The van der Waals surface area contributed by atoms with Gasteiger partial charge in [0.25, 0.3) is 0 Å². The van der Waals surface area contributed by atoms with Gasteiger partial charge >= 0.3 is 0 Å². The Morgan fingerprint density at radius 1 is 1.13 bits per heavy atom. The molecule has 0 spiro atoms. The van der Waals surface area contributed by atoms with E-state index in [-0.39, 0.29) is 12.0 Å². The lowest BCUT2D eigenvalue weighted by Crippen LogP contribution is -2.54. The highest BCUT2D eigenvalue weighted by molar-refractivity contribution is 5.79. The number of carbonyl (C=O) groups is 1. The molecule has 2 fully saturated rings. The summed E-state index contributed by atoms with van der Waals surface area (Å²) in [5.41, 5.74) is 0. The minimum Gasteiger partial charge on any atom is -0.340 e. The minimum atomic E-state index is -0.0275. The molecular weight excluding hydrogens is 288 g/mol. The Labute approximate surface area is 141 Å². The molecule has 2 saturated heterocycles. The number of carbonyl (C=O) groups excluding carboxylic acids is 1. The quantitative estimate of drug-likeness (QED) is 0.773. The monoisotopic (exact) mass is 320 g/mol. The van der Waals surface area contributed by atoms with Gasteiger partial charge in [0, 0.05) is 39.3 Å². The third kappa shape index (κ3) is 4.68. The van der Waals surface area contributed by atoms with E-state index in [2.05, 4.69) is 43.6 Å². The largest absolute Gasteiger partial charge is 0.340 e. The fraction of sp³-hybridized carbons (Fsp3) is 0.889. The van der Waals surface area contributed by atoms with Crippen LogP contribution < -0.4 is 0 Å². The standard InChI is InChI=1S/C18H32N4O/c1-14(2)12-20-6-5-16(13-20)18(23)22-9-7-21(8-10-22)17(11-19)15(3)4/h14-17H,5-10,12-13H2,1-4H3. The van der Waals surface area contributed by atoms with E-state index in [9.17, 15) is 10.1 Å². The first-order chi connectivity index (χ1) is 10.9. The van der Waals surface area contributed by atoms with Crippen LogP contribution in [0.4, 0.5) is 0 Å². The normalized spacial score (nSPS) is 25.1. The Bertz CT molecular complexity index is 435. The van der Waals surface area contributed by atoms with Gasteiger partial charge in [0.05, 0.1) is 12.0 Å². The van der Waals surface area contributed by atoms with Crippen LogP contribution in [-0.2, 0) is 4.79 Å². The summed E-state index contributed by atoms with van der Waals surface area (Å²) < 4.78 is 0. The molecule has 1 amide bonds. The van der Waals surface area contributed by atoms with Gasteiger partial charge in [-0.2, -0.15) is 5.26 Å². The smallest absolute Gasteiger partial charge is 0.227 e. The van der Waals surface area contributed by atoms with E-state index < -0.39 is 0 Å². The molecule has 0 N–H and O–H groups in total. The summed E-state index contributed by atoms with van der Waals surface area (Å²) in [7, 11) is 0. The Morgan fingerprint density at radius 2 is 1.78 bits per heavy atom. The maximum Gasteiger partial charge on any atom is 0.227 e. The predicted molar refractivity (Wildman–Crippen MR) is 91.8 cm³/mol. The number of piperazine rings is 1. The molecule has 130 valence electrons. The van der Waals surface area contributed by atoms with Crippen LogP contribution in [0.5, 0.6) is 0 Å². The molecule has 0 saturated carbocycles. The van der Waals surface area contributed by atoms with Crippen LogP contribution in [-0.4, -0.2) is 72.5 Å². The van der Waals surface area contributed by atoms with Crippen molar-refractivity contribution in [1.82, 2.24) is 14.7 Å². The second-order valence-electron chi connectivity index (χ2n) is 7.82. The first kappa shape index (κ1) is 18.2. The number of nitrogens with zero attached hydrogens (tertiary/aromatic N) is 4. The van der Waals surface area contributed by atoms with E-state index in [0.29, 0.717) is 17.7 Å². The van der Waals surface area contributed by atoms with Crippen molar-refractivity contribution in [2.45, 2.75) is 40.2 Å². The molecule has 5 nitrogen and oxygen atoms in total. The lowest BCUT2D eigenvalue weighted by Gasteiger charge is -2.39. The topological polar surface area (TPSA) is 50.6 Å². The fourth-order valence-corrected chi connectivity index (χ4v) is 3.85. The van der Waals surface area contributed by atoms with Gasteiger partial charge in [-0.05, 0) is 24.8 Å². The van der Waals surface area contributed by atoms with E-state index >= 15 is 0 Å². The van der Waals surface area contributed by atoms with Crippen molar-refractivity contribution in [2.75, 3.05) is 45.8 Å². The number of amides is 1. The predicted octanol–water partition coefficient (Wildman–Crippen LogP) is 1.66. The summed E-state index contributed by atoms with van der Waals surface area (Å²) in [6.45, 7) is 14.9. The summed E-state index contributed by atoms with van der Waals surface area (Å²) in [6.07, 6.45) is 0.999. The van der Waals surface area contributed by atoms with Gasteiger partial charge in [0.1, 0.15) is 6.04 Å². The highest BCUT2D eigenvalue weighted by atomic mass is 16.2. The summed E-state index contributed by atoms with van der Waals surface area (Å²) in [4.78, 5) is 19.4. The van der Waals surface area contributed by atoms with Crippen molar-refractivity contribution in [1.29, 1.82) is 5.26 Å². The average molecular weight is 320 g/mol. The average Bonchev–Trinajstić information content (AvgIpc) is 2.95. The molecule has 2 aliphatic rings. The lowest BCUT2D eigenvalue weighted by atomic mass is 10.0. The molecule has 2 rings (SSSR count). The molecule has 0 radical (unpaired) electrons. The van der Waals surface area contributed by atoms with Gasteiger partial charge in [0.2, 0.25) is 5.91 Å². The van der Waals surface area contributed by atoms with Gasteiger partial charge < -0.3 is 9.80 Å². The van der Waals surface area contributed by atoms with Gasteiger partial charge in [-0.1, -0.05) is 27.7 Å². The third-order valence-corrected chi connectivity index (χ3v) is 5.03. The first-order valence-electron chi connectivity index (χ1n) is 9.07. The third-order valence-electron chi connectivity index (χ3n) is 5.03. The molecule has 0 bridgehead atoms. The maximum atomic E-state index is 12.7. The van der Waals surface area contributed by atoms with Crippen molar-refractivity contribution < 1.29 is 4.79 Å². The Balaban J connectivity index is 1.81. The molecule has 2 heterocycles. The second-order valence-corrected chi connectivity index (χ2v) is 7.82. The summed E-state index contributed by atoms with van der Waals surface area (Å²) in [5, 5.41) is 9.32. The van der Waals surface area contributed by atoms with Crippen molar-refractivity contribution >= 4 is 5.91 Å². The van der Waals surface area contributed by atoms with E-state index in [1.54, 1.807) is 0 Å². The molecule has 0 aliphatic carbocycles. The molecule has 5 heteroatoms. The molecule has 23 heavy (non-hydrogen) atoms. The summed E-state index contributed by atoms with van der Waals surface area (Å²) in [6, 6.07) is 2.38. The van der Waals surface area contributed by atoms with Crippen LogP contribution in [0, 0.1) is 29.1 Å². The van der Waals surface area contributed by atoms with Crippen LogP contribution in [0.15, 0.2) is 0 Å². The zero-order valence-corrected chi connectivity index (χ0v) is 15.2. The van der Waals surface area contributed by atoms with Crippen molar-refractivity contribution in [3.8, 4) is 6.07 Å². The van der Waals surface area contributed by atoms with Crippen molar-refractivity contribution in [3.05, 3.63) is 0 Å². The highest BCUT2D eigenvalue weighted by Gasteiger charge is 2.34. The van der Waals surface area contributed by atoms with Crippen LogP contribution in [0.2, 0.25) is 0 Å². The van der Waals surface area contributed by atoms with E-state index in [1.807, 2.05) is 4.90 Å².